The summed E-state index contributed by atoms with van der Waals surface area (Å²) in [5.74, 6) is 1.34. The number of anilines is 1. The van der Waals surface area contributed by atoms with Crippen molar-refractivity contribution in [3.05, 3.63) is 47.8 Å². The van der Waals surface area contributed by atoms with Crippen LogP contribution in [-0.4, -0.2) is 54.7 Å². The van der Waals surface area contributed by atoms with Gasteiger partial charge in [-0.25, -0.2) is 0 Å². The lowest BCUT2D eigenvalue weighted by atomic mass is 10.2. The SMILES string of the molecule is Cc1cc(N2CCN(C(=O)[C@@H]3COc4ccccc4O3)CC2)cc(C)n1. The Labute approximate surface area is 153 Å². The van der Waals surface area contributed by atoms with E-state index in [-0.39, 0.29) is 12.5 Å². The minimum absolute atomic E-state index is 0.00115. The van der Waals surface area contributed by atoms with Gasteiger partial charge in [0.05, 0.1) is 0 Å². The molecule has 1 saturated heterocycles. The van der Waals surface area contributed by atoms with E-state index in [0.29, 0.717) is 24.6 Å². The van der Waals surface area contributed by atoms with E-state index in [4.69, 9.17) is 9.47 Å². The van der Waals surface area contributed by atoms with Gasteiger partial charge in [-0.05, 0) is 38.1 Å². The smallest absolute Gasteiger partial charge is 0.267 e. The number of rotatable bonds is 2. The highest BCUT2D eigenvalue weighted by Crippen LogP contribution is 2.31. The summed E-state index contributed by atoms with van der Waals surface area (Å²) < 4.78 is 11.5. The van der Waals surface area contributed by atoms with Crippen LogP contribution in [0, 0.1) is 13.8 Å². The van der Waals surface area contributed by atoms with Crippen molar-refractivity contribution < 1.29 is 14.3 Å². The van der Waals surface area contributed by atoms with Gasteiger partial charge in [0.15, 0.2) is 11.5 Å². The molecule has 2 aromatic rings. The van der Waals surface area contributed by atoms with Crippen LogP contribution < -0.4 is 14.4 Å². The molecular weight excluding hydrogens is 330 g/mol. The maximum atomic E-state index is 12.8. The van der Waals surface area contributed by atoms with Crippen LogP contribution >= 0.6 is 0 Å². The molecule has 0 aliphatic carbocycles. The number of hydrogen-bond donors (Lipinski definition) is 0. The van der Waals surface area contributed by atoms with Gasteiger partial charge < -0.3 is 19.3 Å². The number of hydrogen-bond acceptors (Lipinski definition) is 5. The summed E-state index contributed by atoms with van der Waals surface area (Å²) in [6, 6.07) is 11.7. The predicted molar refractivity (Wildman–Crippen MR) is 98.9 cm³/mol. The third kappa shape index (κ3) is 3.31. The van der Waals surface area contributed by atoms with Crippen molar-refractivity contribution in [3.63, 3.8) is 0 Å². The number of pyridine rings is 1. The van der Waals surface area contributed by atoms with Crippen molar-refractivity contribution in [2.24, 2.45) is 0 Å². The van der Waals surface area contributed by atoms with Crippen LogP contribution in [0.4, 0.5) is 5.69 Å². The van der Waals surface area contributed by atoms with Crippen molar-refractivity contribution in [2.45, 2.75) is 20.0 Å². The van der Waals surface area contributed by atoms with Gasteiger partial charge in [0.1, 0.15) is 6.61 Å². The largest absolute Gasteiger partial charge is 0.485 e. The second kappa shape index (κ2) is 6.86. The zero-order valence-corrected chi connectivity index (χ0v) is 15.1. The third-order valence-corrected chi connectivity index (χ3v) is 4.81. The molecule has 1 aromatic carbocycles. The maximum absolute atomic E-state index is 12.8. The summed E-state index contributed by atoms with van der Waals surface area (Å²) in [6.07, 6.45) is -0.568. The van der Waals surface area contributed by atoms with E-state index < -0.39 is 6.10 Å². The number of piperazine rings is 1. The molecule has 3 heterocycles. The van der Waals surface area contributed by atoms with Gasteiger partial charge >= 0.3 is 0 Å². The van der Waals surface area contributed by atoms with Crippen LogP contribution in [0.2, 0.25) is 0 Å². The van der Waals surface area contributed by atoms with Crippen LogP contribution in [0.15, 0.2) is 36.4 Å². The molecule has 0 N–H and O–H groups in total. The van der Waals surface area contributed by atoms with E-state index >= 15 is 0 Å². The summed E-state index contributed by atoms with van der Waals surface area (Å²) >= 11 is 0. The zero-order valence-electron chi connectivity index (χ0n) is 15.1. The van der Waals surface area contributed by atoms with Gasteiger partial charge in [0.2, 0.25) is 6.10 Å². The predicted octanol–water partition coefficient (Wildman–Crippen LogP) is 2.19. The molecule has 1 fully saturated rings. The first-order valence-electron chi connectivity index (χ1n) is 8.98. The number of amides is 1. The molecule has 0 spiro atoms. The average molecular weight is 353 g/mol. The molecular formula is C20H23N3O3. The van der Waals surface area contributed by atoms with E-state index in [0.717, 1.165) is 24.5 Å². The van der Waals surface area contributed by atoms with E-state index in [1.54, 1.807) is 0 Å². The highest BCUT2D eigenvalue weighted by molar-refractivity contribution is 5.82. The number of benzene rings is 1. The Morgan fingerprint density at radius 3 is 2.38 bits per heavy atom. The molecule has 1 aromatic heterocycles. The summed E-state index contributed by atoms with van der Waals surface area (Å²) in [5.41, 5.74) is 3.21. The third-order valence-electron chi connectivity index (χ3n) is 4.81. The first-order chi connectivity index (χ1) is 12.6. The molecule has 6 heteroatoms. The lowest BCUT2D eigenvalue weighted by Gasteiger charge is -2.38. The number of carbonyl (C=O) groups excluding carboxylic acids is 1. The number of para-hydroxylation sites is 2. The normalized spacial score (nSPS) is 19.4. The fourth-order valence-electron chi connectivity index (χ4n) is 3.52. The average Bonchev–Trinajstić information content (AvgIpc) is 2.66. The molecule has 0 saturated carbocycles. The van der Waals surface area contributed by atoms with E-state index in [2.05, 4.69) is 22.0 Å². The van der Waals surface area contributed by atoms with Crippen molar-refractivity contribution in [1.82, 2.24) is 9.88 Å². The van der Waals surface area contributed by atoms with Gasteiger partial charge in [-0.15, -0.1) is 0 Å². The van der Waals surface area contributed by atoms with Gasteiger partial charge in [0, 0.05) is 43.3 Å². The number of fused-ring (bicyclic) bond motifs is 1. The maximum Gasteiger partial charge on any atom is 0.267 e. The molecule has 0 radical (unpaired) electrons. The summed E-state index contributed by atoms with van der Waals surface area (Å²) in [6.45, 7) is 7.25. The number of aryl methyl sites for hydroxylation is 2. The molecule has 4 rings (SSSR count). The fourth-order valence-corrected chi connectivity index (χ4v) is 3.52. The molecule has 6 nitrogen and oxygen atoms in total. The topological polar surface area (TPSA) is 54.9 Å². The molecule has 1 amide bonds. The van der Waals surface area contributed by atoms with Gasteiger partial charge in [-0.1, -0.05) is 12.1 Å². The molecule has 0 bridgehead atoms. The van der Waals surface area contributed by atoms with E-state index in [1.807, 2.05) is 43.0 Å². The number of carbonyl (C=O) groups is 1. The van der Waals surface area contributed by atoms with E-state index in [1.165, 1.54) is 5.69 Å². The van der Waals surface area contributed by atoms with Crippen molar-refractivity contribution in [3.8, 4) is 11.5 Å². The Morgan fingerprint density at radius 1 is 1.04 bits per heavy atom. The van der Waals surface area contributed by atoms with Crippen LogP contribution in [0.3, 0.4) is 0 Å². The Hall–Kier alpha value is -2.76. The minimum atomic E-state index is -0.568. The van der Waals surface area contributed by atoms with E-state index in [9.17, 15) is 4.79 Å². The Morgan fingerprint density at radius 2 is 1.69 bits per heavy atom. The molecule has 0 unspecified atom stereocenters. The molecule has 2 aliphatic rings. The fraction of sp³-hybridized carbons (Fsp3) is 0.400. The Balaban J connectivity index is 1.38. The molecule has 26 heavy (non-hydrogen) atoms. The van der Waals surface area contributed by atoms with Crippen LogP contribution in [0.5, 0.6) is 11.5 Å². The zero-order chi connectivity index (χ0) is 18.1. The lowest BCUT2D eigenvalue weighted by Crippen LogP contribution is -2.54. The summed E-state index contributed by atoms with van der Waals surface area (Å²) in [4.78, 5) is 21.4. The Bertz CT molecular complexity index is 795. The van der Waals surface area contributed by atoms with Gasteiger partial charge in [-0.3, -0.25) is 9.78 Å². The van der Waals surface area contributed by atoms with Crippen LogP contribution in [0.25, 0.3) is 0 Å². The summed E-state index contributed by atoms with van der Waals surface area (Å²) in [7, 11) is 0. The monoisotopic (exact) mass is 353 g/mol. The van der Waals surface area contributed by atoms with Crippen molar-refractivity contribution >= 4 is 11.6 Å². The first kappa shape index (κ1) is 16.7. The number of ether oxygens (including phenoxy) is 2. The van der Waals surface area contributed by atoms with Crippen molar-refractivity contribution in [1.29, 1.82) is 0 Å². The molecule has 2 aliphatic heterocycles. The van der Waals surface area contributed by atoms with Gasteiger partial charge in [0.25, 0.3) is 5.91 Å². The van der Waals surface area contributed by atoms with Crippen LogP contribution in [0.1, 0.15) is 11.4 Å². The molecule has 136 valence electrons. The minimum Gasteiger partial charge on any atom is -0.485 e. The molecule has 1 atom stereocenters. The summed E-state index contributed by atoms with van der Waals surface area (Å²) in [5, 5.41) is 0. The lowest BCUT2D eigenvalue weighted by molar-refractivity contribution is -0.141. The quantitative estimate of drug-likeness (QED) is 0.828. The second-order valence-electron chi connectivity index (χ2n) is 6.78. The van der Waals surface area contributed by atoms with Crippen molar-refractivity contribution in [2.75, 3.05) is 37.7 Å². The second-order valence-corrected chi connectivity index (χ2v) is 6.78. The standard InChI is InChI=1S/C20H23N3O3/c1-14-11-16(12-15(2)21-14)22-7-9-23(10-8-22)20(24)19-13-25-17-5-3-4-6-18(17)26-19/h3-6,11-12,19H,7-10,13H2,1-2H3/t19-/m0/s1. The Kier molecular flexibility index (Phi) is 4.41. The highest BCUT2D eigenvalue weighted by atomic mass is 16.6. The number of nitrogens with zero attached hydrogens (tertiary/aromatic N) is 3. The first-order valence-corrected chi connectivity index (χ1v) is 8.98. The highest BCUT2D eigenvalue weighted by Gasteiger charge is 2.32. The number of aromatic nitrogens is 1. The van der Waals surface area contributed by atoms with Crippen LogP contribution in [-0.2, 0) is 4.79 Å². The van der Waals surface area contributed by atoms with Gasteiger partial charge in [-0.2, -0.15) is 0 Å².